The van der Waals surface area contributed by atoms with Gasteiger partial charge in [-0.05, 0) is 31.0 Å². The summed E-state index contributed by atoms with van der Waals surface area (Å²) in [6, 6.07) is 14.1. The van der Waals surface area contributed by atoms with Crippen molar-refractivity contribution in [1.29, 1.82) is 0 Å². The summed E-state index contributed by atoms with van der Waals surface area (Å²) in [6.45, 7) is 0.0636. The van der Waals surface area contributed by atoms with E-state index in [1.807, 2.05) is 36.4 Å². The molecular formula is C23H17FN2O4. The van der Waals surface area contributed by atoms with Crippen molar-refractivity contribution in [3.63, 3.8) is 0 Å². The van der Waals surface area contributed by atoms with Crippen molar-refractivity contribution in [2.75, 3.05) is 0 Å². The first-order chi connectivity index (χ1) is 14.5. The Balaban J connectivity index is 1.53. The lowest BCUT2D eigenvalue weighted by atomic mass is 10.1. The minimum Gasteiger partial charge on any atom is -0.484 e. The van der Waals surface area contributed by atoms with E-state index < -0.39 is 17.2 Å². The van der Waals surface area contributed by atoms with Gasteiger partial charge in [0.25, 0.3) is 0 Å². The van der Waals surface area contributed by atoms with Gasteiger partial charge in [0.1, 0.15) is 12.2 Å². The molecule has 0 amide bonds. The van der Waals surface area contributed by atoms with Crippen LogP contribution in [0, 0.1) is 5.82 Å². The molecule has 2 aromatic heterocycles. The molecule has 0 aliphatic heterocycles. The lowest BCUT2D eigenvalue weighted by molar-refractivity contribution is 0.0695. The van der Waals surface area contributed by atoms with Crippen LogP contribution < -0.4 is 10.2 Å². The molecule has 30 heavy (non-hydrogen) atoms. The van der Waals surface area contributed by atoms with E-state index in [4.69, 9.17) is 4.74 Å². The van der Waals surface area contributed by atoms with Gasteiger partial charge in [-0.2, -0.15) is 0 Å². The second kappa shape index (κ2) is 6.95. The summed E-state index contributed by atoms with van der Waals surface area (Å²) in [6.07, 6.45) is 3.11. The summed E-state index contributed by atoms with van der Waals surface area (Å²) in [5.41, 5.74) is 0.879. The van der Waals surface area contributed by atoms with Crippen LogP contribution in [-0.4, -0.2) is 20.6 Å². The topological polar surface area (TPSA) is 81.4 Å². The molecule has 1 aliphatic carbocycles. The summed E-state index contributed by atoms with van der Waals surface area (Å²) < 4.78 is 22.1. The van der Waals surface area contributed by atoms with Gasteiger partial charge in [0.05, 0.1) is 16.7 Å². The summed E-state index contributed by atoms with van der Waals surface area (Å²) in [7, 11) is 0. The summed E-state index contributed by atoms with van der Waals surface area (Å²) in [4.78, 5) is 28.5. The Bertz CT molecular complexity index is 1380. The Hall–Kier alpha value is -3.74. The number of carbonyl (C=O) groups is 1. The number of rotatable bonds is 5. The molecule has 1 fully saturated rings. The molecular weight excluding hydrogens is 387 g/mol. The first-order valence-electron chi connectivity index (χ1n) is 9.60. The smallest absolute Gasteiger partial charge is 0.341 e. The molecule has 0 saturated heterocycles. The predicted octanol–water partition coefficient (Wildman–Crippen LogP) is 4.30. The number of hydrogen-bond acceptors (Lipinski definition) is 4. The fourth-order valence-electron chi connectivity index (χ4n) is 3.61. The van der Waals surface area contributed by atoms with Crippen LogP contribution in [0.2, 0.25) is 0 Å². The molecule has 0 atom stereocenters. The number of nitrogens with zero attached hydrogens (tertiary/aromatic N) is 2. The van der Waals surface area contributed by atoms with E-state index in [0.717, 1.165) is 29.8 Å². The average Bonchev–Trinajstić information content (AvgIpc) is 3.58. The third-order valence-corrected chi connectivity index (χ3v) is 5.29. The Morgan fingerprint density at radius 1 is 1.20 bits per heavy atom. The Labute approximate surface area is 170 Å². The molecule has 1 saturated carbocycles. The molecule has 0 radical (unpaired) electrons. The van der Waals surface area contributed by atoms with E-state index in [9.17, 15) is 19.1 Å². The maximum atomic E-state index is 14.7. The zero-order chi connectivity index (χ0) is 20.8. The Kier molecular flexibility index (Phi) is 4.24. The minimum atomic E-state index is -1.32. The van der Waals surface area contributed by atoms with Gasteiger partial charge in [-0.3, -0.25) is 4.79 Å². The SMILES string of the molecule is O=C(O)c1cn(C2CC2)c2cc(OCc3ccc4ccccc4n3)c(F)cc2c1=O. The second-order valence-electron chi connectivity index (χ2n) is 7.40. The average molecular weight is 404 g/mol. The lowest BCUT2D eigenvalue weighted by Gasteiger charge is -2.14. The molecule has 2 heterocycles. The van der Waals surface area contributed by atoms with Crippen molar-refractivity contribution < 1.29 is 19.0 Å². The normalized spacial score (nSPS) is 13.6. The lowest BCUT2D eigenvalue weighted by Crippen LogP contribution is -2.19. The predicted molar refractivity (Wildman–Crippen MR) is 109 cm³/mol. The van der Waals surface area contributed by atoms with E-state index in [1.165, 1.54) is 12.3 Å². The van der Waals surface area contributed by atoms with Gasteiger partial charge < -0.3 is 14.4 Å². The maximum absolute atomic E-state index is 14.7. The van der Waals surface area contributed by atoms with Crippen LogP contribution in [0.4, 0.5) is 4.39 Å². The summed E-state index contributed by atoms with van der Waals surface area (Å²) in [5, 5.41) is 10.4. The highest BCUT2D eigenvalue weighted by molar-refractivity contribution is 5.93. The fourth-order valence-corrected chi connectivity index (χ4v) is 3.61. The minimum absolute atomic E-state index is 0.00525. The standard InChI is InChI=1S/C23H17FN2O4/c24-18-9-16-20(26(15-7-8-15)11-17(22(16)27)23(28)29)10-21(18)30-12-14-6-5-13-3-1-2-4-19(13)25-14/h1-6,9-11,15H,7-8,12H2,(H,28,29). The van der Waals surface area contributed by atoms with Crippen LogP contribution in [0.1, 0.15) is 34.9 Å². The molecule has 150 valence electrons. The van der Waals surface area contributed by atoms with E-state index in [0.29, 0.717) is 11.2 Å². The van der Waals surface area contributed by atoms with Crippen molar-refractivity contribution >= 4 is 27.8 Å². The number of carboxylic acid groups (broad SMARTS) is 1. The van der Waals surface area contributed by atoms with Crippen LogP contribution >= 0.6 is 0 Å². The number of fused-ring (bicyclic) bond motifs is 2. The quantitative estimate of drug-likeness (QED) is 0.536. The van der Waals surface area contributed by atoms with Gasteiger partial charge in [-0.15, -0.1) is 0 Å². The maximum Gasteiger partial charge on any atom is 0.341 e. The zero-order valence-corrected chi connectivity index (χ0v) is 15.8. The van der Waals surface area contributed by atoms with Gasteiger partial charge in [-0.25, -0.2) is 14.2 Å². The van der Waals surface area contributed by atoms with E-state index in [1.54, 1.807) is 4.57 Å². The summed E-state index contributed by atoms with van der Waals surface area (Å²) in [5.74, 6) is -2.04. The molecule has 2 aromatic carbocycles. The molecule has 0 unspecified atom stereocenters. The van der Waals surface area contributed by atoms with Crippen molar-refractivity contribution in [2.24, 2.45) is 0 Å². The van der Waals surface area contributed by atoms with E-state index in [2.05, 4.69) is 4.98 Å². The number of hydrogen-bond donors (Lipinski definition) is 1. The van der Waals surface area contributed by atoms with Crippen molar-refractivity contribution in [3.05, 3.63) is 82.0 Å². The van der Waals surface area contributed by atoms with Crippen molar-refractivity contribution in [1.82, 2.24) is 9.55 Å². The molecule has 1 aliphatic rings. The van der Waals surface area contributed by atoms with E-state index in [-0.39, 0.29) is 29.3 Å². The van der Waals surface area contributed by atoms with Gasteiger partial charge in [-0.1, -0.05) is 24.3 Å². The van der Waals surface area contributed by atoms with Gasteiger partial charge in [0.2, 0.25) is 5.43 Å². The number of pyridine rings is 2. The van der Waals surface area contributed by atoms with Gasteiger partial charge >= 0.3 is 5.97 Å². The molecule has 6 nitrogen and oxygen atoms in total. The number of ether oxygens (including phenoxy) is 1. The third-order valence-electron chi connectivity index (χ3n) is 5.29. The van der Waals surface area contributed by atoms with Crippen molar-refractivity contribution in [3.8, 4) is 5.75 Å². The van der Waals surface area contributed by atoms with Crippen LogP contribution in [-0.2, 0) is 6.61 Å². The monoisotopic (exact) mass is 404 g/mol. The number of para-hydroxylation sites is 1. The van der Waals surface area contributed by atoms with Gasteiger partial charge in [0.15, 0.2) is 11.6 Å². The number of carboxylic acids is 1. The molecule has 5 rings (SSSR count). The Morgan fingerprint density at radius 2 is 2.00 bits per heavy atom. The first kappa shape index (κ1) is 18.3. The van der Waals surface area contributed by atoms with E-state index >= 15 is 0 Å². The highest BCUT2D eigenvalue weighted by Gasteiger charge is 2.27. The number of halogens is 1. The highest BCUT2D eigenvalue weighted by atomic mass is 19.1. The molecule has 0 spiro atoms. The number of aromatic nitrogens is 2. The van der Waals surface area contributed by atoms with Gasteiger partial charge in [0, 0.05) is 29.1 Å². The Morgan fingerprint density at radius 3 is 2.77 bits per heavy atom. The van der Waals surface area contributed by atoms with Crippen LogP contribution in [0.15, 0.2) is 59.5 Å². The fraction of sp³-hybridized carbons (Fsp3) is 0.174. The van der Waals surface area contributed by atoms with Crippen LogP contribution in [0.25, 0.3) is 21.8 Å². The van der Waals surface area contributed by atoms with Crippen LogP contribution in [0.5, 0.6) is 5.75 Å². The number of aromatic carboxylic acids is 1. The first-order valence-corrected chi connectivity index (χ1v) is 9.60. The molecule has 1 N–H and O–H groups in total. The highest BCUT2D eigenvalue weighted by Crippen LogP contribution is 2.38. The third kappa shape index (κ3) is 3.18. The second-order valence-corrected chi connectivity index (χ2v) is 7.40. The zero-order valence-electron chi connectivity index (χ0n) is 15.8. The largest absolute Gasteiger partial charge is 0.484 e. The molecule has 4 aromatic rings. The van der Waals surface area contributed by atoms with Crippen molar-refractivity contribution in [2.45, 2.75) is 25.5 Å². The number of benzene rings is 2. The molecule has 7 heteroatoms. The van der Waals surface area contributed by atoms with Crippen LogP contribution in [0.3, 0.4) is 0 Å². The summed E-state index contributed by atoms with van der Waals surface area (Å²) >= 11 is 0. The molecule has 0 bridgehead atoms.